The summed E-state index contributed by atoms with van der Waals surface area (Å²) in [6, 6.07) is 3.36. The Hall–Kier alpha value is -3.62. The number of carboxylic acids is 1. The second-order valence-corrected chi connectivity index (χ2v) is 10.8. The lowest BCUT2D eigenvalue weighted by molar-refractivity contribution is -0.138. The number of hydrogen-bond acceptors (Lipinski definition) is 6. The van der Waals surface area contributed by atoms with Crippen LogP contribution in [-0.2, 0) is 33.6 Å². The molecule has 2 aromatic heterocycles. The van der Waals surface area contributed by atoms with E-state index in [4.69, 9.17) is 13.9 Å². The first-order valence-electron chi connectivity index (χ1n) is 14.1. The molecule has 1 aliphatic heterocycles. The fourth-order valence-corrected chi connectivity index (χ4v) is 6.05. The van der Waals surface area contributed by atoms with Gasteiger partial charge in [-0.2, -0.15) is 0 Å². The van der Waals surface area contributed by atoms with Gasteiger partial charge in [0, 0.05) is 60.3 Å². The van der Waals surface area contributed by atoms with Crippen LogP contribution in [0.5, 0.6) is 0 Å². The molecule has 0 radical (unpaired) electrons. The van der Waals surface area contributed by atoms with E-state index in [9.17, 15) is 19.2 Å². The van der Waals surface area contributed by atoms with Crippen LogP contribution < -0.4 is 10.9 Å². The summed E-state index contributed by atoms with van der Waals surface area (Å²) in [5.74, 6) is -0.107. The van der Waals surface area contributed by atoms with E-state index in [0.29, 0.717) is 43.5 Å². The van der Waals surface area contributed by atoms with Crippen LogP contribution in [0.2, 0.25) is 0 Å². The molecule has 1 fully saturated rings. The summed E-state index contributed by atoms with van der Waals surface area (Å²) in [5, 5.41) is 13.5. The van der Waals surface area contributed by atoms with E-state index in [0.717, 1.165) is 66.2 Å². The fraction of sp³-hybridized carbons (Fsp3) is 0.533. The van der Waals surface area contributed by atoms with E-state index in [-0.39, 0.29) is 31.1 Å². The molecular weight excluding hydrogens is 500 g/mol. The molecule has 1 saturated heterocycles. The largest absolute Gasteiger partial charge is 0.481 e. The number of fused-ring (bicyclic) bond motifs is 4. The number of furan rings is 1. The van der Waals surface area contributed by atoms with Crippen LogP contribution in [0.3, 0.4) is 0 Å². The Morgan fingerprint density at radius 2 is 1.79 bits per heavy atom. The van der Waals surface area contributed by atoms with Gasteiger partial charge in [0.05, 0.1) is 0 Å². The minimum Gasteiger partial charge on any atom is -0.481 e. The molecule has 2 amide bonds. The maximum absolute atomic E-state index is 13.1. The van der Waals surface area contributed by atoms with E-state index >= 15 is 0 Å². The molecule has 9 heteroatoms. The predicted octanol–water partition coefficient (Wildman–Crippen LogP) is 4.41. The topological polar surface area (TPSA) is 130 Å². The van der Waals surface area contributed by atoms with Gasteiger partial charge in [0.1, 0.15) is 23.0 Å². The summed E-state index contributed by atoms with van der Waals surface area (Å²) in [6.45, 7) is 2.88. The van der Waals surface area contributed by atoms with Crippen molar-refractivity contribution in [1.29, 1.82) is 0 Å². The van der Waals surface area contributed by atoms with Gasteiger partial charge in [0.2, 0.25) is 11.8 Å². The zero-order valence-corrected chi connectivity index (χ0v) is 22.5. The van der Waals surface area contributed by atoms with Crippen molar-refractivity contribution in [2.75, 3.05) is 13.1 Å². The highest BCUT2D eigenvalue weighted by atomic mass is 16.4. The molecule has 0 saturated carbocycles. The van der Waals surface area contributed by atoms with Crippen molar-refractivity contribution in [2.45, 2.75) is 90.0 Å². The molecule has 208 valence electrons. The first-order valence-corrected chi connectivity index (χ1v) is 14.1. The van der Waals surface area contributed by atoms with Gasteiger partial charge in [0.15, 0.2) is 0 Å². The molecule has 1 atom stereocenters. The zero-order valence-electron chi connectivity index (χ0n) is 22.5. The number of amides is 2. The summed E-state index contributed by atoms with van der Waals surface area (Å²) in [4.78, 5) is 51.0. The summed E-state index contributed by atoms with van der Waals surface area (Å²) in [7, 11) is 0. The Labute approximate surface area is 226 Å². The molecule has 1 aliphatic carbocycles. The molecule has 5 rings (SSSR count). The second kappa shape index (κ2) is 11.6. The Morgan fingerprint density at radius 1 is 1.00 bits per heavy atom. The number of carbonyl (C=O) groups is 3. The number of nitrogens with one attached hydrogen (secondary N) is 1. The van der Waals surface area contributed by atoms with Gasteiger partial charge in [-0.25, -0.2) is 4.79 Å². The molecule has 2 aliphatic rings. The predicted molar refractivity (Wildman–Crippen MR) is 146 cm³/mol. The molecule has 0 spiro atoms. The number of likely N-dealkylation sites (tertiary alicyclic amines) is 1. The fourth-order valence-electron chi connectivity index (χ4n) is 6.05. The molecule has 2 N–H and O–H groups in total. The van der Waals surface area contributed by atoms with Gasteiger partial charge < -0.3 is 24.2 Å². The molecule has 9 nitrogen and oxygen atoms in total. The zero-order chi connectivity index (χ0) is 27.5. The molecular formula is C30H36N2O7. The second-order valence-electron chi connectivity index (χ2n) is 10.8. The molecule has 3 heterocycles. The van der Waals surface area contributed by atoms with Crippen molar-refractivity contribution >= 4 is 39.7 Å². The van der Waals surface area contributed by atoms with Crippen LogP contribution in [0.25, 0.3) is 21.9 Å². The number of rotatable bonds is 10. The third-order valence-corrected chi connectivity index (χ3v) is 8.19. The highest BCUT2D eigenvalue weighted by molar-refractivity contribution is 5.97. The van der Waals surface area contributed by atoms with Gasteiger partial charge in [0.25, 0.3) is 0 Å². The van der Waals surface area contributed by atoms with E-state index in [1.54, 1.807) is 4.90 Å². The third kappa shape index (κ3) is 5.72. The van der Waals surface area contributed by atoms with Gasteiger partial charge in [-0.15, -0.1) is 0 Å². The Kier molecular flexibility index (Phi) is 8.04. The van der Waals surface area contributed by atoms with Gasteiger partial charge in [-0.1, -0.05) is 6.42 Å². The third-order valence-electron chi connectivity index (χ3n) is 8.19. The highest BCUT2D eigenvalue weighted by Crippen LogP contribution is 2.35. The minimum absolute atomic E-state index is 0.124. The lowest BCUT2D eigenvalue weighted by Crippen LogP contribution is -2.46. The van der Waals surface area contributed by atoms with Crippen molar-refractivity contribution in [1.82, 2.24) is 10.2 Å². The number of benzene rings is 1. The highest BCUT2D eigenvalue weighted by Gasteiger charge is 2.33. The monoisotopic (exact) mass is 536 g/mol. The molecule has 0 bridgehead atoms. The van der Waals surface area contributed by atoms with Crippen molar-refractivity contribution in [3.8, 4) is 0 Å². The number of carbonyl (C=O) groups excluding carboxylic acids is 2. The molecule has 3 aromatic rings. The van der Waals surface area contributed by atoms with E-state index < -0.39 is 17.6 Å². The van der Waals surface area contributed by atoms with Crippen LogP contribution in [0.15, 0.2) is 25.8 Å². The normalized spacial score (nSPS) is 17.1. The van der Waals surface area contributed by atoms with Gasteiger partial charge >= 0.3 is 11.6 Å². The van der Waals surface area contributed by atoms with Crippen LogP contribution in [0.1, 0.15) is 80.2 Å². The number of aliphatic carboxylic acids is 1. The van der Waals surface area contributed by atoms with Crippen molar-refractivity contribution in [3.63, 3.8) is 0 Å². The smallest absolute Gasteiger partial charge is 0.339 e. The Balaban J connectivity index is 1.24. The maximum atomic E-state index is 13.1. The first kappa shape index (κ1) is 27.0. The number of hydrogen-bond donors (Lipinski definition) is 2. The van der Waals surface area contributed by atoms with Crippen molar-refractivity contribution in [3.05, 3.63) is 45.0 Å². The number of carboxylic acid groups (broad SMARTS) is 1. The van der Waals surface area contributed by atoms with Crippen LogP contribution in [0.4, 0.5) is 0 Å². The summed E-state index contributed by atoms with van der Waals surface area (Å²) < 4.78 is 11.7. The number of unbranched alkanes of at least 4 members (excludes halogenated alkanes) is 2. The van der Waals surface area contributed by atoms with E-state index in [1.165, 1.54) is 5.56 Å². The SMILES string of the molecule is Cc1c(CCC(=O)N2CCCC2C(=O)NCCCCCC(=O)O)c(=O)oc2cc3oc4c(c3cc12)CCCC4. The quantitative estimate of drug-likeness (QED) is 0.290. The average molecular weight is 537 g/mol. The first-order chi connectivity index (χ1) is 18.8. The Morgan fingerprint density at radius 3 is 2.62 bits per heavy atom. The summed E-state index contributed by atoms with van der Waals surface area (Å²) in [5.41, 5.74) is 3.36. The average Bonchev–Trinajstić information content (AvgIpc) is 3.54. The lowest BCUT2D eigenvalue weighted by Gasteiger charge is -2.24. The van der Waals surface area contributed by atoms with Gasteiger partial charge in [-0.3, -0.25) is 14.4 Å². The van der Waals surface area contributed by atoms with Gasteiger partial charge in [-0.05, 0) is 69.9 Å². The summed E-state index contributed by atoms with van der Waals surface area (Å²) >= 11 is 0. The van der Waals surface area contributed by atoms with Crippen molar-refractivity contribution < 1.29 is 28.3 Å². The number of nitrogens with zero attached hydrogens (tertiary/aromatic N) is 1. The molecule has 1 unspecified atom stereocenters. The van der Waals surface area contributed by atoms with Crippen LogP contribution >= 0.6 is 0 Å². The van der Waals surface area contributed by atoms with E-state index in [1.807, 2.05) is 13.0 Å². The van der Waals surface area contributed by atoms with Crippen LogP contribution in [-0.4, -0.2) is 46.9 Å². The lowest BCUT2D eigenvalue weighted by atomic mass is 9.94. The molecule has 1 aromatic carbocycles. The maximum Gasteiger partial charge on any atom is 0.339 e. The minimum atomic E-state index is -0.815. The molecule has 39 heavy (non-hydrogen) atoms. The van der Waals surface area contributed by atoms with Crippen LogP contribution in [0, 0.1) is 6.92 Å². The summed E-state index contributed by atoms with van der Waals surface area (Å²) in [6.07, 6.45) is 8.04. The van der Waals surface area contributed by atoms with Crippen molar-refractivity contribution in [2.24, 2.45) is 0 Å². The standard InChI is InChI=1S/C30H36N2O7/c1-18-19(30(37)39-25-17-26-22(16-21(18)25)20-8-4-5-10-24(20)38-26)12-13-27(33)32-15-7-9-23(32)29(36)31-14-6-2-3-11-28(34)35/h16-17,23H,2-15H2,1H3,(H,31,36)(H,34,35). The Bertz CT molecular complexity index is 1470. The van der Waals surface area contributed by atoms with E-state index in [2.05, 4.69) is 11.4 Å². The number of aryl methyl sites for hydroxylation is 3.